The van der Waals surface area contributed by atoms with Crippen LogP contribution in [0.5, 0.6) is 0 Å². The highest BCUT2D eigenvalue weighted by Gasteiger charge is 2.34. The van der Waals surface area contributed by atoms with Gasteiger partial charge in [0.25, 0.3) is 0 Å². The molecule has 0 radical (unpaired) electrons. The zero-order valence-corrected chi connectivity index (χ0v) is 13.7. The number of halogens is 1. The standard InChI is InChI=1S/C16H19BrN2O3/c17-15-10-14(22-18-15)13(20)11-19-8-6-16(21,7-9-19)12-4-2-1-3-5-12/h1-5,10,13,20-21H,6-9,11H2. The highest BCUT2D eigenvalue weighted by molar-refractivity contribution is 9.10. The van der Waals surface area contributed by atoms with E-state index < -0.39 is 11.7 Å². The maximum atomic E-state index is 10.8. The number of rotatable bonds is 4. The van der Waals surface area contributed by atoms with Crippen LogP contribution in [0.3, 0.4) is 0 Å². The molecule has 1 aromatic carbocycles. The van der Waals surface area contributed by atoms with Gasteiger partial charge in [-0.05, 0) is 34.3 Å². The number of likely N-dealkylation sites (tertiary alicyclic amines) is 1. The summed E-state index contributed by atoms with van der Waals surface area (Å²) in [5.41, 5.74) is 0.201. The Labute approximate surface area is 137 Å². The van der Waals surface area contributed by atoms with Gasteiger partial charge in [-0.25, -0.2) is 0 Å². The summed E-state index contributed by atoms with van der Waals surface area (Å²) in [6.45, 7) is 1.95. The normalized spacial score (nSPS) is 20.0. The molecule has 118 valence electrons. The number of aromatic nitrogens is 1. The van der Waals surface area contributed by atoms with Crippen molar-refractivity contribution in [1.82, 2.24) is 10.1 Å². The summed E-state index contributed by atoms with van der Waals surface area (Å²) in [4.78, 5) is 2.14. The first-order chi connectivity index (χ1) is 10.6. The number of nitrogens with zero attached hydrogens (tertiary/aromatic N) is 2. The lowest BCUT2D eigenvalue weighted by molar-refractivity contribution is -0.0362. The molecular weight excluding hydrogens is 348 g/mol. The monoisotopic (exact) mass is 366 g/mol. The van der Waals surface area contributed by atoms with E-state index >= 15 is 0 Å². The first-order valence-electron chi connectivity index (χ1n) is 7.37. The van der Waals surface area contributed by atoms with Gasteiger partial charge in [0.2, 0.25) is 0 Å². The Morgan fingerprint density at radius 2 is 1.95 bits per heavy atom. The molecule has 1 aromatic heterocycles. The third kappa shape index (κ3) is 3.41. The van der Waals surface area contributed by atoms with E-state index in [0.717, 1.165) is 18.7 Å². The summed E-state index contributed by atoms with van der Waals surface area (Å²) in [5, 5.41) is 24.7. The maximum absolute atomic E-state index is 10.8. The molecule has 0 spiro atoms. The zero-order chi connectivity index (χ0) is 15.6. The smallest absolute Gasteiger partial charge is 0.167 e. The fraction of sp³-hybridized carbons (Fsp3) is 0.438. The number of piperidine rings is 1. The minimum absolute atomic E-state index is 0.454. The van der Waals surface area contributed by atoms with Crippen molar-refractivity contribution in [3.05, 3.63) is 52.3 Å². The van der Waals surface area contributed by atoms with Gasteiger partial charge in [-0.15, -0.1) is 0 Å². The van der Waals surface area contributed by atoms with Crippen LogP contribution >= 0.6 is 15.9 Å². The highest BCUT2D eigenvalue weighted by atomic mass is 79.9. The van der Waals surface area contributed by atoms with E-state index in [9.17, 15) is 10.2 Å². The highest BCUT2D eigenvalue weighted by Crippen LogP contribution is 2.33. The summed E-state index contributed by atoms with van der Waals surface area (Å²) in [7, 11) is 0. The van der Waals surface area contributed by atoms with Crippen LogP contribution < -0.4 is 0 Å². The first kappa shape index (κ1) is 15.7. The molecule has 6 heteroatoms. The number of β-amino-alcohol motifs (C(OH)–C–C–N with tert-alkyl or cyclic N) is 1. The summed E-state index contributed by atoms with van der Waals surface area (Å²) in [6.07, 6.45) is 0.606. The molecule has 1 atom stereocenters. The summed E-state index contributed by atoms with van der Waals surface area (Å²) in [5.74, 6) is 0.454. The Kier molecular flexibility index (Phi) is 4.63. The van der Waals surface area contributed by atoms with Crippen molar-refractivity contribution >= 4 is 15.9 Å². The van der Waals surface area contributed by atoms with Gasteiger partial charge in [0, 0.05) is 25.7 Å². The fourth-order valence-corrected chi connectivity index (χ4v) is 3.20. The Balaban J connectivity index is 1.58. The molecule has 0 aliphatic carbocycles. The zero-order valence-electron chi connectivity index (χ0n) is 12.2. The van der Waals surface area contributed by atoms with Crippen LogP contribution in [0.25, 0.3) is 0 Å². The molecule has 0 amide bonds. The predicted octanol–water partition coefficient (Wildman–Crippen LogP) is 2.45. The van der Waals surface area contributed by atoms with E-state index in [-0.39, 0.29) is 0 Å². The minimum atomic E-state index is -0.766. The average molecular weight is 367 g/mol. The summed E-state index contributed by atoms with van der Waals surface area (Å²) in [6, 6.07) is 11.5. The van der Waals surface area contributed by atoms with E-state index in [0.29, 0.717) is 29.7 Å². The van der Waals surface area contributed by atoms with Crippen molar-refractivity contribution < 1.29 is 14.7 Å². The Morgan fingerprint density at radius 3 is 2.55 bits per heavy atom. The average Bonchev–Trinajstić information content (AvgIpc) is 2.97. The fourth-order valence-electron chi connectivity index (χ4n) is 2.90. The van der Waals surface area contributed by atoms with Crippen LogP contribution in [-0.4, -0.2) is 39.9 Å². The van der Waals surface area contributed by atoms with Gasteiger partial charge in [0.15, 0.2) is 5.76 Å². The topological polar surface area (TPSA) is 69.7 Å². The molecule has 22 heavy (non-hydrogen) atoms. The Bertz CT molecular complexity index is 609. The minimum Gasteiger partial charge on any atom is -0.385 e. The Morgan fingerprint density at radius 1 is 1.27 bits per heavy atom. The van der Waals surface area contributed by atoms with Crippen LogP contribution in [0.2, 0.25) is 0 Å². The number of aliphatic hydroxyl groups excluding tert-OH is 1. The second-order valence-electron chi connectivity index (χ2n) is 5.77. The second kappa shape index (κ2) is 6.50. The van der Waals surface area contributed by atoms with Gasteiger partial charge in [-0.2, -0.15) is 0 Å². The molecule has 0 saturated carbocycles. The maximum Gasteiger partial charge on any atom is 0.167 e. The summed E-state index contributed by atoms with van der Waals surface area (Å²) < 4.78 is 5.64. The van der Waals surface area contributed by atoms with E-state index in [1.165, 1.54) is 0 Å². The lowest BCUT2D eigenvalue weighted by Crippen LogP contribution is -2.43. The number of aliphatic hydroxyl groups is 2. The van der Waals surface area contributed by atoms with Gasteiger partial charge in [0.05, 0.1) is 5.60 Å². The quantitative estimate of drug-likeness (QED) is 0.869. The summed E-state index contributed by atoms with van der Waals surface area (Å²) >= 11 is 3.20. The van der Waals surface area contributed by atoms with E-state index in [1.54, 1.807) is 6.07 Å². The molecule has 1 fully saturated rings. The molecule has 5 nitrogen and oxygen atoms in total. The van der Waals surface area contributed by atoms with Crippen molar-refractivity contribution in [2.45, 2.75) is 24.5 Å². The van der Waals surface area contributed by atoms with Crippen LogP contribution in [-0.2, 0) is 5.60 Å². The third-order valence-corrected chi connectivity index (χ3v) is 4.63. The molecule has 2 N–H and O–H groups in total. The molecule has 2 aromatic rings. The first-order valence-corrected chi connectivity index (χ1v) is 8.16. The van der Waals surface area contributed by atoms with Gasteiger partial charge < -0.3 is 19.6 Å². The molecule has 1 aliphatic heterocycles. The van der Waals surface area contributed by atoms with Crippen molar-refractivity contribution in [2.75, 3.05) is 19.6 Å². The van der Waals surface area contributed by atoms with Crippen molar-refractivity contribution in [3.8, 4) is 0 Å². The van der Waals surface area contributed by atoms with Gasteiger partial charge in [0.1, 0.15) is 10.7 Å². The van der Waals surface area contributed by atoms with Gasteiger partial charge in [-0.3, -0.25) is 0 Å². The van der Waals surface area contributed by atoms with Gasteiger partial charge in [-0.1, -0.05) is 35.5 Å². The molecule has 1 aliphatic rings. The van der Waals surface area contributed by atoms with E-state index in [4.69, 9.17) is 4.52 Å². The molecule has 1 unspecified atom stereocenters. The molecule has 1 saturated heterocycles. The largest absolute Gasteiger partial charge is 0.385 e. The number of benzene rings is 1. The number of hydrogen-bond donors (Lipinski definition) is 2. The molecule has 3 rings (SSSR count). The van der Waals surface area contributed by atoms with Crippen LogP contribution in [0.15, 0.2) is 45.5 Å². The number of hydrogen-bond acceptors (Lipinski definition) is 5. The predicted molar refractivity (Wildman–Crippen MR) is 85.2 cm³/mol. The third-order valence-electron chi connectivity index (χ3n) is 4.25. The molecular formula is C16H19BrN2O3. The lowest BCUT2D eigenvalue weighted by atomic mass is 9.84. The molecule has 0 bridgehead atoms. The van der Waals surface area contributed by atoms with Crippen LogP contribution in [0, 0.1) is 0 Å². The lowest BCUT2D eigenvalue weighted by Gasteiger charge is -2.39. The Hall–Kier alpha value is -1.21. The van der Waals surface area contributed by atoms with Crippen LogP contribution in [0.4, 0.5) is 0 Å². The van der Waals surface area contributed by atoms with E-state index in [2.05, 4.69) is 26.0 Å². The second-order valence-corrected chi connectivity index (χ2v) is 6.58. The van der Waals surface area contributed by atoms with Crippen molar-refractivity contribution in [1.29, 1.82) is 0 Å². The van der Waals surface area contributed by atoms with Gasteiger partial charge >= 0.3 is 0 Å². The van der Waals surface area contributed by atoms with E-state index in [1.807, 2.05) is 30.3 Å². The van der Waals surface area contributed by atoms with Crippen molar-refractivity contribution in [2.24, 2.45) is 0 Å². The SMILES string of the molecule is OC(CN1CCC(O)(c2ccccc2)CC1)c1cc(Br)no1. The van der Waals surface area contributed by atoms with Crippen LogP contribution in [0.1, 0.15) is 30.3 Å². The molecule has 2 heterocycles. The van der Waals surface area contributed by atoms with Crippen molar-refractivity contribution in [3.63, 3.8) is 0 Å².